The van der Waals surface area contributed by atoms with Crippen LogP contribution in [0.3, 0.4) is 0 Å². The number of carbonyl (C=O) groups excluding carboxylic acids is 2. The van der Waals surface area contributed by atoms with Gasteiger partial charge in [-0.3, -0.25) is 9.59 Å². The number of benzene rings is 2. The van der Waals surface area contributed by atoms with E-state index in [0.29, 0.717) is 49.7 Å². The van der Waals surface area contributed by atoms with Gasteiger partial charge in [-0.15, -0.1) is 0 Å². The van der Waals surface area contributed by atoms with Gasteiger partial charge in [-0.2, -0.15) is 0 Å². The molecule has 2 amide bonds. The van der Waals surface area contributed by atoms with Crippen LogP contribution in [0, 0.1) is 11.2 Å². The number of fused-ring (bicyclic) bond motifs is 9. The Labute approximate surface area is 200 Å². The maximum Gasteiger partial charge on any atom is 0.257 e. The number of nitrogens with zero attached hydrogens (tertiary/aromatic N) is 2. The summed E-state index contributed by atoms with van der Waals surface area (Å²) in [5.74, 6) is 0.00390. The van der Waals surface area contributed by atoms with Gasteiger partial charge in [0.25, 0.3) is 11.8 Å². The summed E-state index contributed by atoms with van der Waals surface area (Å²) in [4.78, 5) is 30.1. The Morgan fingerprint density at radius 1 is 1.00 bits per heavy atom. The van der Waals surface area contributed by atoms with Crippen LogP contribution >= 0.6 is 0 Å². The molecule has 0 aliphatic carbocycles. The smallest absolute Gasteiger partial charge is 0.257 e. The lowest BCUT2D eigenvalue weighted by atomic mass is 9.75. The molecule has 0 radical (unpaired) electrons. The minimum atomic E-state index is -0.368. The molecular formula is C27H33FN2O4. The minimum Gasteiger partial charge on any atom is -0.491 e. The molecule has 0 spiro atoms. The number of methoxy groups -OCH3 is 1. The highest BCUT2D eigenvalue weighted by molar-refractivity contribution is 5.97. The molecule has 7 heteroatoms. The first kappa shape index (κ1) is 24.2. The van der Waals surface area contributed by atoms with E-state index in [0.717, 1.165) is 32.1 Å². The van der Waals surface area contributed by atoms with Crippen LogP contribution in [0.4, 0.5) is 4.39 Å². The second-order valence-corrected chi connectivity index (χ2v) is 9.33. The SMILES string of the molecule is COCC12CCCCN(C(=O)c3ccc(F)cc3)CCOc3ccccc3C(=O)N(CC1)CC2. The predicted molar refractivity (Wildman–Crippen MR) is 128 cm³/mol. The molecule has 182 valence electrons. The molecule has 0 aromatic heterocycles. The van der Waals surface area contributed by atoms with Crippen LogP contribution in [0.25, 0.3) is 0 Å². The number of ether oxygens (including phenoxy) is 2. The van der Waals surface area contributed by atoms with Crippen molar-refractivity contribution in [1.82, 2.24) is 9.80 Å². The van der Waals surface area contributed by atoms with E-state index in [1.54, 1.807) is 24.1 Å². The Balaban J connectivity index is 1.57. The fraction of sp³-hybridized carbons (Fsp3) is 0.481. The van der Waals surface area contributed by atoms with Gasteiger partial charge < -0.3 is 19.3 Å². The number of hydrogen-bond acceptors (Lipinski definition) is 4. The lowest BCUT2D eigenvalue weighted by molar-refractivity contribution is 0.0136. The van der Waals surface area contributed by atoms with E-state index in [4.69, 9.17) is 9.47 Å². The van der Waals surface area contributed by atoms with Crippen molar-refractivity contribution in [3.63, 3.8) is 0 Å². The van der Waals surface area contributed by atoms with Crippen LogP contribution in [0.1, 0.15) is 52.8 Å². The van der Waals surface area contributed by atoms with E-state index >= 15 is 0 Å². The highest BCUT2D eigenvalue weighted by Crippen LogP contribution is 2.38. The van der Waals surface area contributed by atoms with Crippen LogP contribution in [0.15, 0.2) is 48.5 Å². The van der Waals surface area contributed by atoms with E-state index in [1.165, 1.54) is 24.3 Å². The molecule has 1 saturated heterocycles. The molecule has 2 bridgehead atoms. The number of para-hydroxylation sites is 1. The maximum absolute atomic E-state index is 13.4. The average Bonchev–Trinajstić information content (AvgIpc) is 2.86. The van der Waals surface area contributed by atoms with Gasteiger partial charge in [-0.1, -0.05) is 18.6 Å². The molecule has 3 aliphatic rings. The van der Waals surface area contributed by atoms with Crippen LogP contribution in [-0.2, 0) is 4.74 Å². The summed E-state index contributed by atoms with van der Waals surface area (Å²) in [5, 5.41) is 0. The zero-order chi connectivity index (χ0) is 24.0. The van der Waals surface area contributed by atoms with Gasteiger partial charge in [0.15, 0.2) is 0 Å². The highest BCUT2D eigenvalue weighted by atomic mass is 19.1. The van der Waals surface area contributed by atoms with Gasteiger partial charge in [0, 0.05) is 32.3 Å². The monoisotopic (exact) mass is 468 g/mol. The molecule has 3 heterocycles. The van der Waals surface area contributed by atoms with Crippen LogP contribution in [0.2, 0.25) is 0 Å². The standard InChI is InChI=1S/C27H33FN2O4/c1-33-20-27-12-4-5-15-29(25(31)21-8-10-22(28)11-9-21)18-19-34-24-7-3-2-6-23(24)26(32)30(16-13-27)17-14-27/h2-3,6-11H,4-5,12-20H2,1H3. The van der Waals surface area contributed by atoms with E-state index in [9.17, 15) is 14.0 Å². The topological polar surface area (TPSA) is 59.1 Å². The summed E-state index contributed by atoms with van der Waals surface area (Å²) >= 11 is 0. The Morgan fingerprint density at radius 2 is 1.74 bits per heavy atom. The highest BCUT2D eigenvalue weighted by Gasteiger charge is 2.36. The normalized spacial score (nSPS) is 19.1. The second-order valence-electron chi connectivity index (χ2n) is 9.33. The molecule has 0 saturated carbocycles. The quantitative estimate of drug-likeness (QED) is 0.670. The number of piperidine rings is 1. The predicted octanol–water partition coefficient (Wildman–Crippen LogP) is 4.40. The summed E-state index contributed by atoms with van der Waals surface area (Å²) in [5.41, 5.74) is 1.05. The number of carbonyl (C=O) groups is 2. The van der Waals surface area contributed by atoms with Crippen molar-refractivity contribution in [3.8, 4) is 5.75 Å². The molecule has 1 fully saturated rings. The lowest BCUT2D eigenvalue weighted by Crippen LogP contribution is -2.45. The van der Waals surface area contributed by atoms with E-state index in [1.807, 2.05) is 17.0 Å². The van der Waals surface area contributed by atoms with E-state index in [2.05, 4.69) is 0 Å². The zero-order valence-corrected chi connectivity index (χ0v) is 19.8. The maximum atomic E-state index is 13.4. The Bertz CT molecular complexity index is 986. The average molecular weight is 469 g/mol. The third kappa shape index (κ3) is 5.58. The first-order valence-electron chi connectivity index (χ1n) is 12.1. The van der Waals surface area contributed by atoms with Gasteiger partial charge in [-0.25, -0.2) is 4.39 Å². The van der Waals surface area contributed by atoms with Crippen molar-refractivity contribution >= 4 is 11.8 Å². The molecule has 3 aliphatic heterocycles. The van der Waals surface area contributed by atoms with Gasteiger partial charge in [0.05, 0.1) is 18.7 Å². The van der Waals surface area contributed by atoms with Gasteiger partial charge in [-0.05, 0) is 67.5 Å². The van der Waals surface area contributed by atoms with Crippen LogP contribution in [-0.4, -0.2) is 68.1 Å². The zero-order valence-electron chi connectivity index (χ0n) is 19.8. The first-order valence-corrected chi connectivity index (χ1v) is 12.1. The summed E-state index contributed by atoms with van der Waals surface area (Å²) in [7, 11) is 1.73. The lowest BCUT2D eigenvalue weighted by Gasteiger charge is -2.41. The molecule has 5 rings (SSSR count). The molecule has 0 N–H and O–H groups in total. The Morgan fingerprint density at radius 3 is 2.47 bits per heavy atom. The summed E-state index contributed by atoms with van der Waals surface area (Å²) in [6.45, 7) is 3.32. The van der Waals surface area contributed by atoms with Crippen molar-refractivity contribution < 1.29 is 23.5 Å². The second kappa shape index (κ2) is 11.0. The van der Waals surface area contributed by atoms with Crippen molar-refractivity contribution in [2.24, 2.45) is 5.41 Å². The number of amides is 2. The molecule has 0 unspecified atom stereocenters. The Hall–Kier alpha value is -2.93. The van der Waals surface area contributed by atoms with Gasteiger partial charge in [0.1, 0.15) is 18.2 Å². The summed E-state index contributed by atoms with van der Waals surface area (Å²) in [6, 6.07) is 12.9. The van der Waals surface area contributed by atoms with Gasteiger partial charge in [0.2, 0.25) is 0 Å². The Kier molecular flexibility index (Phi) is 7.83. The van der Waals surface area contributed by atoms with Crippen molar-refractivity contribution in [3.05, 3.63) is 65.5 Å². The van der Waals surface area contributed by atoms with E-state index < -0.39 is 0 Å². The minimum absolute atomic E-state index is 0.0178. The number of rotatable bonds is 3. The van der Waals surface area contributed by atoms with Gasteiger partial charge >= 0.3 is 0 Å². The number of halogens is 1. The molecule has 2 aromatic carbocycles. The largest absolute Gasteiger partial charge is 0.491 e. The van der Waals surface area contributed by atoms with Crippen molar-refractivity contribution in [2.45, 2.75) is 32.1 Å². The van der Waals surface area contributed by atoms with E-state index in [-0.39, 0.29) is 29.7 Å². The molecule has 6 nitrogen and oxygen atoms in total. The van der Waals surface area contributed by atoms with Crippen molar-refractivity contribution in [1.29, 1.82) is 0 Å². The third-order valence-corrected chi connectivity index (χ3v) is 7.06. The van der Waals surface area contributed by atoms with Crippen LogP contribution < -0.4 is 4.74 Å². The molecular weight excluding hydrogens is 435 g/mol. The third-order valence-electron chi connectivity index (χ3n) is 7.06. The fourth-order valence-corrected chi connectivity index (χ4v) is 5.05. The molecule has 0 atom stereocenters. The summed E-state index contributed by atoms with van der Waals surface area (Å²) in [6.07, 6.45) is 4.61. The number of hydrogen-bond donors (Lipinski definition) is 0. The van der Waals surface area contributed by atoms with Crippen LogP contribution in [0.5, 0.6) is 5.75 Å². The fourth-order valence-electron chi connectivity index (χ4n) is 5.05. The molecule has 34 heavy (non-hydrogen) atoms. The molecule has 2 aromatic rings. The summed E-state index contributed by atoms with van der Waals surface area (Å²) < 4.78 is 24.9. The first-order chi connectivity index (χ1) is 16.5. The van der Waals surface area contributed by atoms with Crippen molar-refractivity contribution in [2.75, 3.05) is 46.5 Å².